The van der Waals surface area contributed by atoms with Gasteiger partial charge in [-0.1, -0.05) is 13.8 Å². The lowest BCUT2D eigenvalue weighted by Gasteiger charge is -2.29. The topological polar surface area (TPSA) is 50.7 Å². The van der Waals surface area contributed by atoms with Crippen LogP contribution < -0.4 is 5.32 Å². The van der Waals surface area contributed by atoms with E-state index in [4.69, 9.17) is 11.6 Å². The van der Waals surface area contributed by atoms with Gasteiger partial charge in [0.05, 0.1) is 11.4 Å². The molecule has 0 fully saturated rings. The van der Waals surface area contributed by atoms with Crippen molar-refractivity contribution in [2.24, 2.45) is 5.41 Å². The van der Waals surface area contributed by atoms with Crippen LogP contribution in [0, 0.1) is 19.3 Å². The number of nitrogens with one attached hydrogen (secondary N) is 1. The van der Waals surface area contributed by atoms with Crippen LogP contribution in [0.2, 0.25) is 0 Å². The average molecular weight is 257 g/mol. The predicted octanol–water partition coefficient (Wildman–Crippen LogP) is 2.95. The number of rotatable bonds is 6. The molecule has 0 saturated carbocycles. The summed E-state index contributed by atoms with van der Waals surface area (Å²) in [5.41, 5.74) is 1.89. The Morgan fingerprint density at radius 2 is 1.76 bits per heavy atom. The highest BCUT2D eigenvalue weighted by atomic mass is 35.5. The third kappa shape index (κ3) is 3.53. The van der Waals surface area contributed by atoms with Crippen LogP contribution >= 0.6 is 11.6 Å². The minimum absolute atomic E-state index is 0.115. The molecule has 0 aromatic carbocycles. The van der Waals surface area contributed by atoms with E-state index in [1.807, 2.05) is 13.8 Å². The maximum atomic E-state index is 6.05. The first kappa shape index (κ1) is 14.2. The van der Waals surface area contributed by atoms with E-state index in [1.54, 1.807) is 0 Å². The Bertz CT molecular complexity index is 355. The van der Waals surface area contributed by atoms with Crippen molar-refractivity contribution in [3.63, 3.8) is 0 Å². The van der Waals surface area contributed by atoms with Crippen molar-refractivity contribution in [2.45, 2.75) is 40.5 Å². The molecule has 0 aliphatic carbocycles. The second-order valence-corrected chi connectivity index (χ2v) is 4.77. The van der Waals surface area contributed by atoms with E-state index in [-0.39, 0.29) is 5.41 Å². The maximum absolute atomic E-state index is 6.05. The van der Waals surface area contributed by atoms with Crippen molar-refractivity contribution in [2.75, 3.05) is 17.7 Å². The van der Waals surface area contributed by atoms with Crippen LogP contribution in [-0.4, -0.2) is 27.6 Å². The number of hydrogen-bond acceptors (Lipinski definition) is 4. The fourth-order valence-corrected chi connectivity index (χ4v) is 2.01. The minimum atomic E-state index is 0.115. The zero-order valence-electron chi connectivity index (χ0n) is 11.0. The number of anilines is 1. The molecule has 1 aromatic rings. The molecule has 1 N–H and O–H groups in total. The highest BCUT2D eigenvalue weighted by Gasteiger charge is 2.25. The summed E-state index contributed by atoms with van der Waals surface area (Å²) in [6.07, 6.45) is 2.08. The van der Waals surface area contributed by atoms with E-state index < -0.39 is 0 Å². The second kappa shape index (κ2) is 6.15. The predicted molar refractivity (Wildman–Crippen MR) is 71.5 cm³/mol. The number of aromatic nitrogens is 3. The van der Waals surface area contributed by atoms with Crippen molar-refractivity contribution >= 4 is 17.5 Å². The molecule has 0 unspecified atom stereocenters. The van der Waals surface area contributed by atoms with Gasteiger partial charge >= 0.3 is 0 Å². The van der Waals surface area contributed by atoms with Crippen LogP contribution in [-0.2, 0) is 0 Å². The zero-order valence-corrected chi connectivity index (χ0v) is 11.8. The molecule has 4 nitrogen and oxygen atoms in total. The van der Waals surface area contributed by atoms with E-state index in [0.717, 1.165) is 30.8 Å². The maximum Gasteiger partial charge on any atom is 0.242 e. The van der Waals surface area contributed by atoms with Gasteiger partial charge in [-0.25, -0.2) is 4.98 Å². The van der Waals surface area contributed by atoms with Crippen molar-refractivity contribution in [3.05, 3.63) is 11.4 Å². The second-order valence-electron chi connectivity index (χ2n) is 4.50. The van der Waals surface area contributed by atoms with E-state index >= 15 is 0 Å². The van der Waals surface area contributed by atoms with Gasteiger partial charge in [-0.05, 0) is 26.7 Å². The molecule has 0 saturated heterocycles. The Hall–Kier alpha value is -0.900. The lowest BCUT2D eigenvalue weighted by Crippen LogP contribution is -2.31. The van der Waals surface area contributed by atoms with Crippen LogP contribution in [0.5, 0.6) is 0 Å². The molecule has 0 aliphatic heterocycles. The van der Waals surface area contributed by atoms with Gasteiger partial charge in [0.25, 0.3) is 0 Å². The third-order valence-electron chi connectivity index (χ3n) is 3.50. The summed E-state index contributed by atoms with van der Waals surface area (Å²) >= 11 is 6.05. The fraction of sp³-hybridized carbons (Fsp3) is 0.750. The molecule has 17 heavy (non-hydrogen) atoms. The fourth-order valence-electron chi connectivity index (χ4n) is 1.53. The first-order valence-corrected chi connectivity index (χ1v) is 6.58. The highest BCUT2D eigenvalue weighted by molar-refractivity contribution is 6.18. The van der Waals surface area contributed by atoms with Crippen molar-refractivity contribution < 1.29 is 0 Å². The molecule has 1 rings (SSSR count). The van der Waals surface area contributed by atoms with Gasteiger partial charge in [-0.15, -0.1) is 16.7 Å². The smallest absolute Gasteiger partial charge is 0.242 e. The van der Waals surface area contributed by atoms with Gasteiger partial charge in [0.15, 0.2) is 0 Å². The molecule has 1 heterocycles. The first-order valence-electron chi connectivity index (χ1n) is 6.04. The summed E-state index contributed by atoms with van der Waals surface area (Å²) in [6, 6.07) is 0. The van der Waals surface area contributed by atoms with Crippen LogP contribution in [0.25, 0.3) is 0 Å². The molecule has 5 heteroatoms. The van der Waals surface area contributed by atoms with Crippen LogP contribution in [0.15, 0.2) is 0 Å². The van der Waals surface area contributed by atoms with Crippen LogP contribution in [0.1, 0.15) is 38.1 Å². The molecular formula is C12H21ClN4. The molecule has 0 radical (unpaired) electrons. The summed E-state index contributed by atoms with van der Waals surface area (Å²) in [5.74, 6) is 1.23. The molecule has 0 atom stereocenters. The first-order chi connectivity index (χ1) is 8.06. The third-order valence-corrected chi connectivity index (χ3v) is 4.06. The minimum Gasteiger partial charge on any atom is -0.352 e. The summed E-state index contributed by atoms with van der Waals surface area (Å²) < 4.78 is 0. The highest BCUT2D eigenvalue weighted by Crippen LogP contribution is 2.27. The number of halogens is 1. The van der Waals surface area contributed by atoms with Gasteiger partial charge in [-0.2, -0.15) is 5.10 Å². The van der Waals surface area contributed by atoms with E-state index in [0.29, 0.717) is 11.8 Å². The molecule has 0 bridgehead atoms. The Labute approximate surface area is 108 Å². The summed E-state index contributed by atoms with van der Waals surface area (Å²) in [7, 11) is 0. The Morgan fingerprint density at radius 1 is 1.12 bits per heavy atom. The SMILES string of the molecule is CCC(CC)(CCl)CNc1nnc(C)c(C)n1. The van der Waals surface area contributed by atoms with Gasteiger partial charge in [0.1, 0.15) is 0 Å². The summed E-state index contributed by atoms with van der Waals surface area (Å²) in [6.45, 7) is 8.94. The van der Waals surface area contributed by atoms with Crippen LogP contribution in [0.4, 0.5) is 5.95 Å². The lowest BCUT2D eigenvalue weighted by molar-refractivity contribution is 0.326. The number of hydrogen-bond donors (Lipinski definition) is 1. The molecule has 96 valence electrons. The largest absolute Gasteiger partial charge is 0.352 e. The van der Waals surface area contributed by atoms with Crippen molar-refractivity contribution in [1.82, 2.24) is 15.2 Å². The Morgan fingerprint density at radius 3 is 2.24 bits per heavy atom. The molecule has 0 spiro atoms. The molecular weight excluding hydrogens is 236 g/mol. The summed E-state index contributed by atoms with van der Waals surface area (Å²) in [4.78, 5) is 4.35. The van der Waals surface area contributed by atoms with E-state index in [2.05, 4.69) is 34.3 Å². The normalized spacial score (nSPS) is 11.6. The lowest BCUT2D eigenvalue weighted by atomic mass is 9.84. The number of aryl methyl sites for hydroxylation is 2. The summed E-state index contributed by atoms with van der Waals surface area (Å²) in [5, 5.41) is 11.3. The standard InChI is InChI=1S/C12H21ClN4/c1-5-12(6-2,7-13)8-14-11-15-9(3)10(4)16-17-11/h5-8H2,1-4H3,(H,14,15,17). The van der Waals surface area contributed by atoms with Crippen LogP contribution in [0.3, 0.4) is 0 Å². The van der Waals surface area contributed by atoms with Crippen molar-refractivity contribution in [3.8, 4) is 0 Å². The van der Waals surface area contributed by atoms with Crippen molar-refractivity contribution in [1.29, 1.82) is 0 Å². The Balaban J connectivity index is 2.68. The monoisotopic (exact) mass is 256 g/mol. The Kier molecular flexibility index (Phi) is 5.12. The van der Waals surface area contributed by atoms with Gasteiger partial charge in [-0.3, -0.25) is 0 Å². The quantitative estimate of drug-likeness (QED) is 0.795. The van der Waals surface area contributed by atoms with Gasteiger partial charge in [0, 0.05) is 17.8 Å². The average Bonchev–Trinajstić information content (AvgIpc) is 2.36. The van der Waals surface area contributed by atoms with E-state index in [9.17, 15) is 0 Å². The van der Waals surface area contributed by atoms with Gasteiger partial charge < -0.3 is 5.32 Å². The molecule has 1 aromatic heterocycles. The molecule has 0 amide bonds. The zero-order chi connectivity index (χ0) is 12.9. The number of nitrogens with zero attached hydrogens (tertiary/aromatic N) is 3. The van der Waals surface area contributed by atoms with E-state index in [1.165, 1.54) is 0 Å². The molecule has 0 aliphatic rings. The number of alkyl halides is 1. The van der Waals surface area contributed by atoms with Gasteiger partial charge in [0.2, 0.25) is 5.95 Å².